The maximum Gasteiger partial charge on any atom is 0.458 e. The van der Waals surface area contributed by atoms with Crippen LogP contribution in [0.3, 0.4) is 0 Å². The Bertz CT molecular complexity index is 874. The Hall–Kier alpha value is -3.46. The molecule has 4 rings (SSSR count). The largest absolute Gasteiger partial charge is 0.458 e. The van der Waals surface area contributed by atoms with E-state index in [-0.39, 0.29) is 6.61 Å². The third-order valence-corrected chi connectivity index (χ3v) is 4.47. The van der Waals surface area contributed by atoms with Crippen LogP contribution < -0.4 is 20.1 Å². The third-order valence-electron chi connectivity index (χ3n) is 4.47. The maximum atomic E-state index is 12.3. The van der Waals surface area contributed by atoms with Gasteiger partial charge in [0, 0.05) is 18.8 Å². The molecule has 0 spiro atoms. The van der Waals surface area contributed by atoms with E-state index < -0.39 is 12.1 Å². The smallest absolute Gasteiger partial charge is 0.450 e. The monoisotopic (exact) mass is 412 g/mol. The molecule has 1 fully saturated rings. The van der Waals surface area contributed by atoms with Gasteiger partial charge in [-0.05, 0) is 31.2 Å². The fourth-order valence-corrected chi connectivity index (χ4v) is 3.10. The first-order chi connectivity index (χ1) is 14.7. The van der Waals surface area contributed by atoms with Gasteiger partial charge in [0.15, 0.2) is 11.5 Å². The molecule has 0 radical (unpaired) electrons. The van der Waals surface area contributed by atoms with Crippen LogP contribution in [0.4, 0.5) is 10.5 Å². The fourth-order valence-electron chi connectivity index (χ4n) is 3.10. The summed E-state index contributed by atoms with van der Waals surface area (Å²) in [7, 11) is 0. The highest BCUT2D eigenvalue weighted by atomic mass is 16.8. The van der Waals surface area contributed by atoms with E-state index in [4.69, 9.17) is 18.9 Å². The second kappa shape index (κ2) is 8.91. The molecule has 0 aromatic heterocycles. The highest BCUT2D eigenvalue weighted by molar-refractivity contribution is 5.94. The van der Waals surface area contributed by atoms with Crippen LogP contribution in [-0.2, 0) is 9.47 Å². The number of carbonyl (C=O) groups excluding carboxylic acids is 1. The van der Waals surface area contributed by atoms with Gasteiger partial charge in [0.2, 0.25) is 5.96 Å². The lowest BCUT2D eigenvalue weighted by atomic mass is 10.3. The van der Waals surface area contributed by atoms with Crippen molar-refractivity contribution in [1.29, 1.82) is 0 Å². The second-order valence-corrected chi connectivity index (χ2v) is 6.60. The Balaban J connectivity index is 1.69. The molecule has 30 heavy (non-hydrogen) atoms. The number of aliphatic imine (C=N–C) groups is 1. The fraction of sp³-hybridized carbons (Fsp3) is 0.333. The van der Waals surface area contributed by atoms with Crippen molar-refractivity contribution in [2.24, 2.45) is 4.99 Å². The van der Waals surface area contributed by atoms with Gasteiger partial charge in [-0.1, -0.05) is 30.3 Å². The van der Waals surface area contributed by atoms with Gasteiger partial charge in [-0.15, -0.1) is 4.99 Å². The first-order valence-electron chi connectivity index (χ1n) is 9.84. The highest BCUT2D eigenvalue weighted by Gasteiger charge is 2.45. The van der Waals surface area contributed by atoms with Crippen LogP contribution in [-0.4, -0.2) is 55.9 Å². The van der Waals surface area contributed by atoms with Gasteiger partial charge in [-0.3, -0.25) is 0 Å². The molecular weight excluding hydrogens is 388 g/mol. The lowest BCUT2D eigenvalue weighted by Gasteiger charge is -2.32. The van der Waals surface area contributed by atoms with Gasteiger partial charge >= 0.3 is 12.1 Å². The van der Waals surface area contributed by atoms with E-state index in [1.54, 1.807) is 19.1 Å². The Morgan fingerprint density at radius 1 is 1.07 bits per heavy atom. The standard InChI is InChI=1S/C21H24N4O5/c1-2-28-20(26)24-21(29-17-10-6-7-11-18(17)30-21)23-19(25-12-14-27-15-13-25)22-16-8-4-3-5-9-16/h3-11H,2,12-15H2,1H3,(H,22,23)(H,24,26). The molecule has 0 bridgehead atoms. The number of nitrogens with one attached hydrogen (secondary N) is 2. The third kappa shape index (κ3) is 4.57. The lowest BCUT2D eigenvalue weighted by Crippen LogP contribution is -2.56. The van der Waals surface area contributed by atoms with Gasteiger partial charge in [-0.25, -0.2) is 10.1 Å². The summed E-state index contributed by atoms with van der Waals surface area (Å²) in [5.41, 5.74) is 0.838. The number of hydrogen-bond acceptors (Lipinski definition) is 6. The number of ether oxygens (including phenoxy) is 4. The molecule has 2 aromatic carbocycles. The molecule has 2 N–H and O–H groups in total. The van der Waals surface area contributed by atoms with Crippen LogP contribution in [0.2, 0.25) is 0 Å². The molecule has 0 saturated carbocycles. The number of anilines is 1. The number of amides is 1. The van der Waals surface area contributed by atoms with E-state index in [1.165, 1.54) is 0 Å². The quantitative estimate of drug-likeness (QED) is 0.589. The molecular formula is C21H24N4O5. The second-order valence-electron chi connectivity index (χ2n) is 6.60. The Morgan fingerprint density at radius 3 is 2.33 bits per heavy atom. The van der Waals surface area contributed by atoms with Crippen LogP contribution >= 0.6 is 0 Å². The van der Waals surface area contributed by atoms with E-state index in [9.17, 15) is 4.79 Å². The summed E-state index contributed by atoms with van der Waals surface area (Å²) in [6.07, 6.45) is -0.699. The van der Waals surface area contributed by atoms with E-state index in [1.807, 2.05) is 47.4 Å². The van der Waals surface area contributed by atoms with Crippen LogP contribution in [0.15, 0.2) is 59.6 Å². The number of guanidine groups is 1. The Labute approximate surface area is 174 Å². The number of para-hydroxylation sites is 3. The molecule has 0 aliphatic carbocycles. The first-order valence-corrected chi connectivity index (χ1v) is 9.84. The minimum Gasteiger partial charge on any atom is -0.450 e. The summed E-state index contributed by atoms with van der Waals surface area (Å²) >= 11 is 0. The Morgan fingerprint density at radius 2 is 1.70 bits per heavy atom. The van der Waals surface area contributed by atoms with Crippen LogP contribution in [0, 0.1) is 0 Å². The molecule has 9 heteroatoms. The summed E-state index contributed by atoms with van der Waals surface area (Å²) in [6.45, 7) is 4.31. The van der Waals surface area contributed by atoms with Gasteiger partial charge in [0.25, 0.3) is 0 Å². The van der Waals surface area contributed by atoms with Crippen molar-refractivity contribution < 1.29 is 23.7 Å². The molecule has 2 aliphatic rings. The van der Waals surface area contributed by atoms with Crippen molar-refractivity contribution in [2.75, 3.05) is 38.2 Å². The van der Waals surface area contributed by atoms with Gasteiger partial charge in [0.05, 0.1) is 19.8 Å². The van der Waals surface area contributed by atoms with Crippen molar-refractivity contribution in [2.45, 2.75) is 13.0 Å². The molecule has 1 saturated heterocycles. The van der Waals surface area contributed by atoms with E-state index >= 15 is 0 Å². The number of morpholine rings is 1. The molecule has 2 aliphatic heterocycles. The van der Waals surface area contributed by atoms with Crippen molar-refractivity contribution in [1.82, 2.24) is 10.2 Å². The molecule has 158 valence electrons. The van der Waals surface area contributed by atoms with Gasteiger partial charge in [0.1, 0.15) is 0 Å². The summed E-state index contributed by atoms with van der Waals surface area (Å²) in [4.78, 5) is 19.0. The molecule has 1 amide bonds. The molecule has 0 atom stereocenters. The number of alkyl carbamates (subject to hydrolysis) is 1. The average molecular weight is 412 g/mol. The zero-order chi connectivity index (χ0) is 20.8. The van der Waals surface area contributed by atoms with Gasteiger partial charge < -0.3 is 29.2 Å². The number of fused-ring (bicyclic) bond motifs is 1. The number of nitrogens with zero attached hydrogens (tertiary/aromatic N) is 2. The average Bonchev–Trinajstić information content (AvgIpc) is 3.12. The zero-order valence-corrected chi connectivity index (χ0v) is 16.7. The zero-order valence-electron chi connectivity index (χ0n) is 16.7. The molecule has 2 heterocycles. The summed E-state index contributed by atoms with van der Waals surface area (Å²) in [6, 6.07) is 14.9. The number of carbonyl (C=O) groups is 1. The summed E-state index contributed by atoms with van der Waals surface area (Å²) < 4.78 is 22.4. The van der Waals surface area contributed by atoms with Crippen LogP contribution in [0.5, 0.6) is 11.5 Å². The van der Waals surface area contributed by atoms with E-state index in [2.05, 4.69) is 15.6 Å². The van der Waals surface area contributed by atoms with E-state index in [0.29, 0.717) is 43.8 Å². The minimum absolute atomic E-state index is 0.206. The Kier molecular flexibility index (Phi) is 5.89. The summed E-state index contributed by atoms with van der Waals surface area (Å²) in [5.74, 6) is 1.42. The predicted octanol–water partition coefficient (Wildman–Crippen LogP) is 2.62. The predicted molar refractivity (Wildman–Crippen MR) is 110 cm³/mol. The van der Waals surface area contributed by atoms with E-state index in [0.717, 1.165) is 5.69 Å². The lowest BCUT2D eigenvalue weighted by molar-refractivity contribution is -0.0954. The normalized spacial score (nSPS) is 17.4. The number of rotatable bonds is 4. The highest BCUT2D eigenvalue weighted by Crippen LogP contribution is 2.38. The van der Waals surface area contributed by atoms with Crippen LogP contribution in [0.25, 0.3) is 0 Å². The van der Waals surface area contributed by atoms with Crippen molar-refractivity contribution in [3.63, 3.8) is 0 Å². The molecule has 0 unspecified atom stereocenters. The van der Waals surface area contributed by atoms with Crippen LogP contribution in [0.1, 0.15) is 6.92 Å². The van der Waals surface area contributed by atoms with Crippen molar-refractivity contribution in [3.05, 3.63) is 54.6 Å². The maximum absolute atomic E-state index is 12.3. The minimum atomic E-state index is -1.80. The molecule has 2 aromatic rings. The number of benzene rings is 2. The van der Waals surface area contributed by atoms with Crippen molar-refractivity contribution >= 4 is 17.7 Å². The SMILES string of the molecule is CCOC(=O)NC1(/N=C(/Nc2ccccc2)N2CCOCC2)Oc2ccccc2O1. The number of hydrogen-bond donors (Lipinski definition) is 2. The molecule has 9 nitrogen and oxygen atoms in total. The summed E-state index contributed by atoms with van der Waals surface area (Å²) in [5, 5.41) is 5.91. The topological polar surface area (TPSA) is 93.7 Å². The first kappa shape index (κ1) is 19.8. The van der Waals surface area contributed by atoms with Crippen molar-refractivity contribution in [3.8, 4) is 11.5 Å². The van der Waals surface area contributed by atoms with Gasteiger partial charge in [-0.2, -0.15) is 0 Å².